The fourth-order valence-electron chi connectivity index (χ4n) is 3.03. The summed E-state index contributed by atoms with van der Waals surface area (Å²) in [5, 5.41) is 4.93. The lowest BCUT2D eigenvalue weighted by Crippen LogP contribution is -2.52. The van der Waals surface area contributed by atoms with E-state index in [4.69, 9.17) is 0 Å². The first-order valence-electron chi connectivity index (χ1n) is 8.21. The molecule has 1 saturated heterocycles. The van der Waals surface area contributed by atoms with E-state index >= 15 is 0 Å². The van der Waals surface area contributed by atoms with Crippen LogP contribution < -0.4 is 5.32 Å². The molecule has 1 aliphatic heterocycles. The van der Waals surface area contributed by atoms with Crippen LogP contribution in [0.15, 0.2) is 42.0 Å². The largest absolute Gasteiger partial charge is 0.348 e. The Labute approximate surface area is 145 Å². The lowest BCUT2D eigenvalue weighted by molar-refractivity contribution is -0.127. The van der Waals surface area contributed by atoms with Crippen LogP contribution in [-0.4, -0.2) is 34.3 Å². The van der Waals surface area contributed by atoms with Crippen LogP contribution in [0.2, 0.25) is 0 Å². The average Bonchev–Trinajstić information content (AvgIpc) is 3.16. The van der Waals surface area contributed by atoms with Crippen LogP contribution >= 0.6 is 11.3 Å². The van der Waals surface area contributed by atoms with Crippen molar-refractivity contribution >= 4 is 23.2 Å². The Morgan fingerprint density at radius 3 is 2.79 bits per heavy atom. The van der Waals surface area contributed by atoms with Gasteiger partial charge in [0.25, 0.3) is 5.91 Å². The van der Waals surface area contributed by atoms with Crippen LogP contribution in [0.1, 0.15) is 47.5 Å². The number of pyridine rings is 1. The summed E-state index contributed by atoms with van der Waals surface area (Å²) < 4.78 is 0. The first-order chi connectivity index (χ1) is 11.7. The van der Waals surface area contributed by atoms with E-state index in [1.165, 1.54) is 11.3 Å². The summed E-state index contributed by atoms with van der Waals surface area (Å²) in [6, 6.07) is 6.96. The fourth-order valence-corrected chi connectivity index (χ4v) is 3.71. The van der Waals surface area contributed by atoms with Gasteiger partial charge in [-0.1, -0.05) is 6.07 Å². The number of aromatic nitrogens is 1. The molecule has 0 saturated carbocycles. The molecule has 3 heterocycles. The van der Waals surface area contributed by atoms with E-state index in [0.717, 1.165) is 18.4 Å². The summed E-state index contributed by atoms with van der Waals surface area (Å²) in [7, 11) is 0. The molecule has 3 rings (SSSR count). The Bertz CT molecular complexity index is 688. The van der Waals surface area contributed by atoms with Gasteiger partial charge in [0.15, 0.2) is 0 Å². The Morgan fingerprint density at radius 1 is 1.29 bits per heavy atom. The zero-order chi connectivity index (χ0) is 16.9. The van der Waals surface area contributed by atoms with Gasteiger partial charge in [-0.2, -0.15) is 0 Å². The Morgan fingerprint density at radius 2 is 2.08 bits per heavy atom. The maximum absolute atomic E-state index is 12.7. The molecule has 0 aliphatic carbocycles. The molecule has 24 heavy (non-hydrogen) atoms. The van der Waals surface area contributed by atoms with E-state index in [9.17, 15) is 9.59 Å². The number of likely N-dealkylation sites (tertiary alicyclic amines) is 1. The fraction of sp³-hybridized carbons (Fsp3) is 0.389. The molecule has 126 valence electrons. The summed E-state index contributed by atoms with van der Waals surface area (Å²) in [5.74, 6) is -0.120. The van der Waals surface area contributed by atoms with Crippen LogP contribution in [0.3, 0.4) is 0 Å². The number of nitrogens with one attached hydrogen (secondary N) is 1. The van der Waals surface area contributed by atoms with Crippen LogP contribution in [-0.2, 0) is 4.79 Å². The van der Waals surface area contributed by atoms with Crippen molar-refractivity contribution in [2.45, 2.75) is 38.3 Å². The lowest BCUT2D eigenvalue weighted by atomic mass is 10.00. The minimum absolute atomic E-state index is 0.0404. The number of hydrogen-bond acceptors (Lipinski definition) is 4. The van der Waals surface area contributed by atoms with Gasteiger partial charge >= 0.3 is 0 Å². The quantitative estimate of drug-likeness (QED) is 0.928. The Balaban J connectivity index is 1.70. The molecule has 2 unspecified atom stereocenters. The summed E-state index contributed by atoms with van der Waals surface area (Å²) in [6.07, 6.45) is 6.05. The highest BCUT2D eigenvalue weighted by Crippen LogP contribution is 2.23. The highest BCUT2D eigenvalue weighted by Gasteiger charge is 2.33. The molecule has 2 aromatic rings. The van der Waals surface area contributed by atoms with E-state index in [-0.39, 0.29) is 17.9 Å². The normalized spacial score (nSPS) is 18.9. The minimum atomic E-state index is -0.391. The molecule has 0 bridgehead atoms. The smallest absolute Gasteiger partial charge is 0.264 e. The second-order valence-electron chi connectivity index (χ2n) is 6.00. The third kappa shape index (κ3) is 3.64. The molecule has 2 amide bonds. The monoisotopic (exact) mass is 343 g/mol. The van der Waals surface area contributed by atoms with E-state index in [0.29, 0.717) is 17.8 Å². The molecule has 1 aliphatic rings. The first kappa shape index (κ1) is 16.6. The predicted molar refractivity (Wildman–Crippen MR) is 93.8 cm³/mol. The van der Waals surface area contributed by atoms with Gasteiger partial charge in [0, 0.05) is 18.9 Å². The number of amides is 2. The van der Waals surface area contributed by atoms with Crippen molar-refractivity contribution in [2.24, 2.45) is 0 Å². The van der Waals surface area contributed by atoms with Crippen LogP contribution in [0.5, 0.6) is 0 Å². The zero-order valence-electron chi connectivity index (χ0n) is 13.6. The van der Waals surface area contributed by atoms with E-state index in [2.05, 4.69) is 10.3 Å². The third-order valence-corrected chi connectivity index (χ3v) is 5.22. The third-order valence-electron chi connectivity index (χ3n) is 4.36. The van der Waals surface area contributed by atoms with Gasteiger partial charge in [-0.15, -0.1) is 11.3 Å². The van der Waals surface area contributed by atoms with E-state index in [1.807, 2.05) is 36.6 Å². The predicted octanol–water partition coefficient (Wildman–Crippen LogP) is 3.02. The highest BCUT2D eigenvalue weighted by atomic mass is 32.1. The standard InChI is InChI=1S/C18H21N3O2S/c1-13(14-7-9-19-10-8-14)20-17(22)15-5-2-3-11-21(15)18(23)16-6-4-12-24-16/h4,6-10,12-13,15H,2-3,5,11H2,1H3,(H,20,22). The number of carbonyl (C=O) groups is 2. The number of nitrogens with zero attached hydrogens (tertiary/aromatic N) is 2. The SMILES string of the molecule is CC(NC(=O)C1CCCCN1C(=O)c1cccs1)c1ccncc1. The van der Waals surface area contributed by atoms with Gasteiger partial charge in [0.2, 0.25) is 5.91 Å². The number of rotatable bonds is 4. The number of piperidine rings is 1. The van der Waals surface area contributed by atoms with Gasteiger partial charge in [-0.05, 0) is 55.3 Å². The molecule has 5 nitrogen and oxygen atoms in total. The van der Waals surface area contributed by atoms with Crippen LogP contribution in [0.25, 0.3) is 0 Å². The van der Waals surface area contributed by atoms with Crippen LogP contribution in [0, 0.1) is 0 Å². The minimum Gasteiger partial charge on any atom is -0.348 e. The second kappa shape index (κ2) is 7.57. The second-order valence-corrected chi connectivity index (χ2v) is 6.95. The van der Waals surface area contributed by atoms with Crippen molar-refractivity contribution in [3.8, 4) is 0 Å². The first-order valence-corrected chi connectivity index (χ1v) is 9.09. The number of hydrogen-bond donors (Lipinski definition) is 1. The van der Waals surface area contributed by atoms with Crippen molar-refractivity contribution in [3.05, 3.63) is 52.5 Å². The van der Waals surface area contributed by atoms with Gasteiger partial charge in [-0.3, -0.25) is 14.6 Å². The van der Waals surface area contributed by atoms with Crippen molar-refractivity contribution < 1.29 is 9.59 Å². The molecule has 0 aromatic carbocycles. The lowest BCUT2D eigenvalue weighted by Gasteiger charge is -2.35. The molecular formula is C18H21N3O2S. The number of thiophene rings is 1. The Hall–Kier alpha value is -2.21. The summed E-state index contributed by atoms with van der Waals surface area (Å²) in [5.41, 5.74) is 1.00. The molecule has 2 atom stereocenters. The molecule has 0 radical (unpaired) electrons. The van der Waals surface area contributed by atoms with Gasteiger partial charge in [0.05, 0.1) is 10.9 Å². The summed E-state index contributed by atoms with van der Waals surface area (Å²) in [6.45, 7) is 2.58. The summed E-state index contributed by atoms with van der Waals surface area (Å²) >= 11 is 1.42. The van der Waals surface area contributed by atoms with Crippen molar-refractivity contribution in [3.63, 3.8) is 0 Å². The molecule has 6 heteroatoms. The average molecular weight is 343 g/mol. The van der Waals surface area contributed by atoms with Crippen molar-refractivity contribution in [2.75, 3.05) is 6.54 Å². The summed E-state index contributed by atoms with van der Waals surface area (Å²) in [4.78, 5) is 31.8. The highest BCUT2D eigenvalue weighted by molar-refractivity contribution is 7.12. The molecule has 1 fully saturated rings. The zero-order valence-corrected chi connectivity index (χ0v) is 14.5. The molecular weight excluding hydrogens is 322 g/mol. The van der Waals surface area contributed by atoms with Crippen molar-refractivity contribution in [1.82, 2.24) is 15.2 Å². The molecule has 1 N–H and O–H groups in total. The molecule has 0 spiro atoms. The van der Waals surface area contributed by atoms with E-state index < -0.39 is 6.04 Å². The topological polar surface area (TPSA) is 62.3 Å². The van der Waals surface area contributed by atoms with E-state index in [1.54, 1.807) is 17.3 Å². The maximum atomic E-state index is 12.7. The Kier molecular flexibility index (Phi) is 5.25. The number of carbonyl (C=O) groups excluding carboxylic acids is 2. The van der Waals surface area contributed by atoms with Crippen molar-refractivity contribution in [1.29, 1.82) is 0 Å². The van der Waals surface area contributed by atoms with Gasteiger partial charge < -0.3 is 10.2 Å². The molecule has 2 aromatic heterocycles. The van der Waals surface area contributed by atoms with Gasteiger partial charge in [-0.25, -0.2) is 0 Å². The van der Waals surface area contributed by atoms with Crippen LogP contribution in [0.4, 0.5) is 0 Å². The van der Waals surface area contributed by atoms with Gasteiger partial charge in [0.1, 0.15) is 6.04 Å². The maximum Gasteiger partial charge on any atom is 0.264 e.